The van der Waals surface area contributed by atoms with Gasteiger partial charge < -0.3 is 14.4 Å². The van der Waals surface area contributed by atoms with Crippen LogP contribution in [0.15, 0.2) is 43.1 Å². The zero-order valence-electron chi connectivity index (χ0n) is 16.6. The lowest BCUT2D eigenvalue weighted by Crippen LogP contribution is -2.48. The van der Waals surface area contributed by atoms with Gasteiger partial charge in [0.15, 0.2) is 0 Å². The van der Waals surface area contributed by atoms with E-state index in [9.17, 15) is 4.79 Å². The van der Waals surface area contributed by atoms with Gasteiger partial charge in [-0.3, -0.25) is 9.36 Å². The Balaban J connectivity index is 1.23. The standard InChI is InChI=1S/C21H25N7O/c1-16-3-2-8-27-13-19(24-20(16)27)21(29)26-11-9-25(10-12-26)17-4-6-18(7-5-17)28-14-22-23-15-28/h4-7,13-16H,2-3,8-12H2,1H3. The Labute approximate surface area is 169 Å². The highest BCUT2D eigenvalue weighted by molar-refractivity contribution is 5.92. The first-order valence-electron chi connectivity index (χ1n) is 10.3. The summed E-state index contributed by atoms with van der Waals surface area (Å²) >= 11 is 0. The van der Waals surface area contributed by atoms with E-state index in [1.54, 1.807) is 12.7 Å². The largest absolute Gasteiger partial charge is 0.368 e. The van der Waals surface area contributed by atoms with Crippen LogP contribution in [0.4, 0.5) is 5.69 Å². The van der Waals surface area contributed by atoms with E-state index in [0.29, 0.717) is 24.7 Å². The van der Waals surface area contributed by atoms with Crippen LogP contribution in [0.3, 0.4) is 0 Å². The van der Waals surface area contributed by atoms with Crippen molar-refractivity contribution in [3.8, 4) is 5.69 Å². The van der Waals surface area contributed by atoms with Gasteiger partial charge in [-0.2, -0.15) is 0 Å². The summed E-state index contributed by atoms with van der Waals surface area (Å²) in [6.07, 6.45) is 7.64. The average molecular weight is 391 g/mol. The number of carbonyl (C=O) groups excluding carboxylic acids is 1. The molecular formula is C21H25N7O. The van der Waals surface area contributed by atoms with Crippen molar-refractivity contribution in [1.82, 2.24) is 29.2 Å². The summed E-state index contributed by atoms with van der Waals surface area (Å²) in [6, 6.07) is 8.34. The number of nitrogens with zero attached hydrogens (tertiary/aromatic N) is 7. The van der Waals surface area contributed by atoms with Crippen molar-refractivity contribution < 1.29 is 4.79 Å². The van der Waals surface area contributed by atoms with Gasteiger partial charge in [0.2, 0.25) is 0 Å². The number of fused-ring (bicyclic) bond motifs is 1. The number of rotatable bonds is 3. The molecule has 150 valence electrons. The van der Waals surface area contributed by atoms with Crippen molar-refractivity contribution in [3.05, 3.63) is 54.6 Å². The number of piperazine rings is 1. The molecular weight excluding hydrogens is 366 g/mol. The number of hydrogen-bond acceptors (Lipinski definition) is 5. The molecule has 8 heteroatoms. The number of aryl methyl sites for hydroxylation is 1. The quantitative estimate of drug-likeness (QED) is 0.685. The van der Waals surface area contributed by atoms with Crippen LogP contribution in [0.2, 0.25) is 0 Å². The monoisotopic (exact) mass is 391 g/mol. The molecule has 1 fully saturated rings. The van der Waals surface area contributed by atoms with E-state index >= 15 is 0 Å². The Morgan fingerprint density at radius 3 is 2.34 bits per heavy atom. The summed E-state index contributed by atoms with van der Waals surface area (Å²) in [7, 11) is 0. The third-order valence-electron chi connectivity index (χ3n) is 6.00. The van der Waals surface area contributed by atoms with Crippen LogP contribution < -0.4 is 4.90 Å². The van der Waals surface area contributed by atoms with E-state index in [1.165, 1.54) is 5.69 Å². The fourth-order valence-electron chi connectivity index (χ4n) is 4.30. The Morgan fingerprint density at radius 2 is 1.66 bits per heavy atom. The molecule has 1 saturated heterocycles. The van der Waals surface area contributed by atoms with E-state index in [0.717, 1.165) is 44.0 Å². The zero-order chi connectivity index (χ0) is 19.8. The number of aromatic nitrogens is 5. The fraction of sp³-hybridized carbons (Fsp3) is 0.429. The molecule has 2 aliphatic heterocycles. The van der Waals surface area contributed by atoms with Crippen molar-refractivity contribution >= 4 is 11.6 Å². The molecule has 4 heterocycles. The highest BCUT2D eigenvalue weighted by Crippen LogP contribution is 2.26. The summed E-state index contributed by atoms with van der Waals surface area (Å²) in [5, 5.41) is 7.69. The second-order valence-electron chi connectivity index (χ2n) is 7.89. The lowest BCUT2D eigenvalue weighted by molar-refractivity contribution is 0.0741. The first kappa shape index (κ1) is 17.9. The number of carbonyl (C=O) groups is 1. The predicted octanol–water partition coefficient (Wildman–Crippen LogP) is 2.32. The minimum atomic E-state index is 0.0571. The van der Waals surface area contributed by atoms with Crippen LogP contribution in [0, 0.1) is 0 Å². The summed E-state index contributed by atoms with van der Waals surface area (Å²) in [5.74, 6) is 1.55. The average Bonchev–Trinajstić information content (AvgIpc) is 3.44. The van der Waals surface area contributed by atoms with Crippen molar-refractivity contribution in [3.63, 3.8) is 0 Å². The smallest absolute Gasteiger partial charge is 0.274 e. The van der Waals surface area contributed by atoms with Crippen molar-refractivity contribution in [2.24, 2.45) is 0 Å². The lowest BCUT2D eigenvalue weighted by atomic mass is 10.0. The summed E-state index contributed by atoms with van der Waals surface area (Å²) < 4.78 is 4.04. The number of hydrogen-bond donors (Lipinski definition) is 0. The van der Waals surface area contributed by atoms with Gasteiger partial charge in [-0.1, -0.05) is 6.92 Å². The Hall–Kier alpha value is -3.16. The molecule has 2 aromatic heterocycles. The molecule has 0 aliphatic carbocycles. The predicted molar refractivity (Wildman–Crippen MR) is 109 cm³/mol. The zero-order valence-corrected chi connectivity index (χ0v) is 16.6. The SMILES string of the molecule is CC1CCCn2cc(C(=O)N3CCN(c4ccc(-n5cnnc5)cc4)CC3)nc21. The second-order valence-corrected chi connectivity index (χ2v) is 7.89. The molecule has 0 radical (unpaired) electrons. The van der Waals surface area contributed by atoms with Gasteiger partial charge in [0, 0.05) is 56.2 Å². The maximum absolute atomic E-state index is 13.0. The molecule has 1 amide bonds. The van der Waals surface area contributed by atoms with E-state index < -0.39 is 0 Å². The van der Waals surface area contributed by atoms with Gasteiger partial charge in [0.25, 0.3) is 5.91 Å². The maximum atomic E-state index is 13.0. The lowest BCUT2D eigenvalue weighted by Gasteiger charge is -2.35. The highest BCUT2D eigenvalue weighted by atomic mass is 16.2. The number of benzene rings is 1. The van der Waals surface area contributed by atoms with Crippen LogP contribution in [-0.2, 0) is 6.54 Å². The molecule has 2 aliphatic rings. The molecule has 3 aromatic rings. The van der Waals surface area contributed by atoms with Crippen LogP contribution in [0.5, 0.6) is 0 Å². The van der Waals surface area contributed by atoms with E-state index in [4.69, 9.17) is 0 Å². The minimum Gasteiger partial charge on any atom is -0.368 e. The third kappa shape index (κ3) is 3.39. The first-order chi connectivity index (χ1) is 14.2. The topological polar surface area (TPSA) is 72.1 Å². The van der Waals surface area contributed by atoms with Gasteiger partial charge in [-0.25, -0.2) is 4.98 Å². The number of imidazole rings is 1. The normalized spacial score (nSPS) is 19.3. The number of amides is 1. The molecule has 8 nitrogen and oxygen atoms in total. The Bertz CT molecular complexity index is 985. The summed E-state index contributed by atoms with van der Waals surface area (Å²) in [4.78, 5) is 21.9. The molecule has 1 atom stereocenters. The van der Waals surface area contributed by atoms with Crippen LogP contribution in [0.25, 0.3) is 5.69 Å². The minimum absolute atomic E-state index is 0.0571. The molecule has 0 bridgehead atoms. The fourth-order valence-corrected chi connectivity index (χ4v) is 4.30. The van der Waals surface area contributed by atoms with Gasteiger partial charge in [-0.05, 0) is 37.1 Å². The molecule has 0 saturated carbocycles. The van der Waals surface area contributed by atoms with E-state index in [1.807, 2.05) is 15.7 Å². The molecule has 29 heavy (non-hydrogen) atoms. The number of anilines is 1. The third-order valence-corrected chi connectivity index (χ3v) is 6.00. The van der Waals surface area contributed by atoms with E-state index in [2.05, 4.69) is 55.8 Å². The molecule has 1 aromatic carbocycles. The summed E-state index contributed by atoms with van der Waals surface area (Å²) in [5.41, 5.74) is 2.80. The van der Waals surface area contributed by atoms with Gasteiger partial charge in [-0.15, -0.1) is 10.2 Å². The molecule has 5 rings (SSSR count). The van der Waals surface area contributed by atoms with Gasteiger partial charge >= 0.3 is 0 Å². The van der Waals surface area contributed by atoms with Crippen molar-refractivity contribution in [1.29, 1.82) is 0 Å². The van der Waals surface area contributed by atoms with Crippen molar-refractivity contribution in [2.75, 3.05) is 31.1 Å². The Morgan fingerprint density at radius 1 is 0.966 bits per heavy atom. The van der Waals surface area contributed by atoms with E-state index in [-0.39, 0.29) is 5.91 Å². The van der Waals surface area contributed by atoms with Crippen LogP contribution >= 0.6 is 0 Å². The van der Waals surface area contributed by atoms with Gasteiger partial charge in [0.05, 0.1) is 0 Å². The molecule has 1 unspecified atom stereocenters. The Kier molecular flexibility index (Phi) is 4.54. The van der Waals surface area contributed by atoms with Crippen LogP contribution in [-0.4, -0.2) is 61.3 Å². The summed E-state index contributed by atoms with van der Waals surface area (Å²) in [6.45, 7) is 6.23. The molecule has 0 N–H and O–H groups in total. The first-order valence-corrected chi connectivity index (χ1v) is 10.3. The van der Waals surface area contributed by atoms with Gasteiger partial charge in [0.1, 0.15) is 24.2 Å². The van der Waals surface area contributed by atoms with Crippen molar-refractivity contribution in [2.45, 2.75) is 32.2 Å². The second kappa shape index (κ2) is 7.35. The maximum Gasteiger partial charge on any atom is 0.274 e. The van der Waals surface area contributed by atoms with Crippen LogP contribution in [0.1, 0.15) is 42.0 Å². The molecule has 0 spiro atoms. The highest BCUT2D eigenvalue weighted by Gasteiger charge is 2.27.